The first-order valence-corrected chi connectivity index (χ1v) is 6.06. The lowest BCUT2D eigenvalue weighted by Crippen LogP contribution is -1.92. The largest absolute Gasteiger partial charge is 0.343 e. The Hall–Kier alpha value is -2.07. The van der Waals surface area contributed by atoms with Crippen LogP contribution in [0.5, 0.6) is 0 Å². The molecule has 1 aromatic carbocycles. The van der Waals surface area contributed by atoms with Gasteiger partial charge in [-0.05, 0) is 18.4 Å². The zero-order valence-electron chi connectivity index (χ0n) is 9.84. The summed E-state index contributed by atoms with van der Waals surface area (Å²) in [6.45, 7) is 1.90. The quantitative estimate of drug-likeness (QED) is 0.673. The first kappa shape index (κ1) is 11.0. The van der Waals surface area contributed by atoms with Crippen molar-refractivity contribution in [2.24, 2.45) is 0 Å². The Balaban J connectivity index is 2.34. The fraction of sp³-hybridized carbons (Fsp3) is 0.0714. The van der Waals surface area contributed by atoms with Crippen molar-refractivity contribution in [3.05, 3.63) is 53.2 Å². The fourth-order valence-corrected chi connectivity index (χ4v) is 2.31. The molecule has 0 amide bonds. The summed E-state index contributed by atoms with van der Waals surface area (Å²) >= 11 is 5.16. The van der Waals surface area contributed by atoms with Gasteiger partial charge in [-0.15, -0.1) is 0 Å². The Morgan fingerprint density at radius 3 is 2.83 bits per heavy atom. The van der Waals surface area contributed by atoms with Crippen LogP contribution in [0.3, 0.4) is 0 Å². The van der Waals surface area contributed by atoms with Crippen LogP contribution in [0.25, 0.3) is 22.0 Å². The van der Waals surface area contributed by atoms with Crippen LogP contribution in [0.1, 0.15) is 5.82 Å². The highest BCUT2D eigenvalue weighted by Gasteiger charge is 2.05. The second kappa shape index (κ2) is 4.31. The van der Waals surface area contributed by atoms with E-state index in [0.717, 1.165) is 27.9 Å². The number of H-pyrrole nitrogens is 1. The summed E-state index contributed by atoms with van der Waals surface area (Å²) in [5.41, 5.74) is 2.00. The molecule has 18 heavy (non-hydrogen) atoms. The average molecular weight is 253 g/mol. The van der Waals surface area contributed by atoms with E-state index in [4.69, 9.17) is 12.2 Å². The Morgan fingerprint density at radius 2 is 2.00 bits per heavy atom. The second-order valence-electron chi connectivity index (χ2n) is 4.13. The number of aromatic amines is 1. The van der Waals surface area contributed by atoms with Gasteiger partial charge in [0.25, 0.3) is 0 Å². The molecule has 1 N–H and O–H groups in total. The molecule has 0 saturated heterocycles. The van der Waals surface area contributed by atoms with Gasteiger partial charge >= 0.3 is 0 Å². The van der Waals surface area contributed by atoms with E-state index in [9.17, 15) is 0 Å². The standard InChI is InChI=1S/C14H11N3S/c1-9-16-13(6-14(18)17-9)12-8-15-7-10-4-2-3-5-11(10)12/h2-8H,1H3,(H,16,17,18). The maximum atomic E-state index is 5.16. The molecule has 0 bridgehead atoms. The number of aryl methyl sites for hydroxylation is 1. The van der Waals surface area contributed by atoms with E-state index < -0.39 is 0 Å². The van der Waals surface area contributed by atoms with Crippen molar-refractivity contribution in [3.8, 4) is 11.3 Å². The molecule has 2 aromatic heterocycles. The molecule has 0 radical (unpaired) electrons. The van der Waals surface area contributed by atoms with Crippen LogP contribution in [0.4, 0.5) is 0 Å². The van der Waals surface area contributed by atoms with E-state index in [2.05, 4.69) is 27.1 Å². The van der Waals surface area contributed by atoms with Gasteiger partial charge in [-0.2, -0.15) is 0 Å². The number of aromatic nitrogens is 3. The van der Waals surface area contributed by atoms with Gasteiger partial charge in [0, 0.05) is 23.3 Å². The highest BCUT2D eigenvalue weighted by Crippen LogP contribution is 2.25. The summed E-state index contributed by atoms with van der Waals surface area (Å²) in [7, 11) is 0. The van der Waals surface area contributed by atoms with Crippen LogP contribution >= 0.6 is 12.2 Å². The number of hydrogen-bond donors (Lipinski definition) is 1. The van der Waals surface area contributed by atoms with E-state index in [1.165, 1.54) is 0 Å². The number of nitrogens with one attached hydrogen (secondary N) is 1. The van der Waals surface area contributed by atoms with Crippen molar-refractivity contribution < 1.29 is 0 Å². The summed E-state index contributed by atoms with van der Waals surface area (Å²) in [5, 5.41) is 2.27. The molecular weight excluding hydrogens is 242 g/mol. The summed E-state index contributed by atoms with van der Waals surface area (Å²) in [5.74, 6) is 0.811. The molecule has 0 atom stereocenters. The van der Waals surface area contributed by atoms with Crippen LogP contribution in [0.15, 0.2) is 42.7 Å². The molecule has 0 spiro atoms. The molecule has 88 valence electrons. The minimum atomic E-state index is 0.592. The molecule has 0 saturated carbocycles. The van der Waals surface area contributed by atoms with Crippen molar-refractivity contribution in [3.63, 3.8) is 0 Å². The van der Waals surface area contributed by atoms with Crippen LogP contribution < -0.4 is 0 Å². The van der Waals surface area contributed by atoms with Crippen molar-refractivity contribution in [2.45, 2.75) is 6.92 Å². The van der Waals surface area contributed by atoms with Gasteiger partial charge in [-0.3, -0.25) is 4.98 Å². The maximum Gasteiger partial charge on any atom is 0.130 e. The zero-order valence-corrected chi connectivity index (χ0v) is 10.7. The Morgan fingerprint density at radius 1 is 1.17 bits per heavy atom. The maximum absolute atomic E-state index is 5.16. The molecule has 4 heteroatoms. The van der Waals surface area contributed by atoms with Crippen molar-refractivity contribution in [2.75, 3.05) is 0 Å². The Bertz CT molecular complexity index is 772. The van der Waals surface area contributed by atoms with Gasteiger partial charge in [0.2, 0.25) is 0 Å². The number of benzene rings is 1. The number of pyridine rings is 1. The molecule has 0 unspecified atom stereocenters. The second-order valence-corrected chi connectivity index (χ2v) is 4.54. The molecule has 3 rings (SSSR count). The fourth-order valence-electron chi connectivity index (χ4n) is 2.06. The highest BCUT2D eigenvalue weighted by atomic mass is 32.1. The first-order valence-electron chi connectivity index (χ1n) is 5.65. The topological polar surface area (TPSA) is 41.6 Å². The van der Waals surface area contributed by atoms with E-state index in [0.29, 0.717) is 4.64 Å². The number of nitrogens with zero attached hydrogens (tertiary/aromatic N) is 2. The zero-order chi connectivity index (χ0) is 12.5. The molecule has 0 aliphatic rings. The molecule has 3 aromatic rings. The van der Waals surface area contributed by atoms with Gasteiger partial charge in [-0.25, -0.2) is 4.98 Å². The van der Waals surface area contributed by atoms with Crippen molar-refractivity contribution >= 4 is 23.0 Å². The lowest BCUT2D eigenvalue weighted by atomic mass is 10.1. The Kier molecular flexibility index (Phi) is 2.64. The van der Waals surface area contributed by atoms with Gasteiger partial charge in [0.15, 0.2) is 0 Å². The van der Waals surface area contributed by atoms with Gasteiger partial charge in [-0.1, -0.05) is 36.5 Å². The summed E-state index contributed by atoms with van der Waals surface area (Å²) in [4.78, 5) is 11.7. The number of hydrogen-bond acceptors (Lipinski definition) is 3. The third-order valence-electron chi connectivity index (χ3n) is 2.82. The van der Waals surface area contributed by atoms with Gasteiger partial charge in [0.1, 0.15) is 10.5 Å². The monoisotopic (exact) mass is 253 g/mol. The van der Waals surface area contributed by atoms with E-state index >= 15 is 0 Å². The third kappa shape index (κ3) is 1.91. The minimum Gasteiger partial charge on any atom is -0.343 e. The summed E-state index contributed by atoms with van der Waals surface area (Å²) < 4.78 is 0.592. The van der Waals surface area contributed by atoms with Crippen LogP contribution in [-0.4, -0.2) is 15.0 Å². The van der Waals surface area contributed by atoms with E-state index in [1.54, 1.807) is 0 Å². The predicted octanol–water partition coefficient (Wildman–Crippen LogP) is 3.66. The van der Waals surface area contributed by atoms with Crippen LogP contribution in [0.2, 0.25) is 0 Å². The number of fused-ring (bicyclic) bond motifs is 1. The average Bonchev–Trinajstić information content (AvgIpc) is 2.37. The SMILES string of the molecule is Cc1nc(=S)cc(-c2cncc3ccccc23)[nH]1. The summed E-state index contributed by atoms with van der Waals surface area (Å²) in [6, 6.07) is 10.0. The molecule has 3 nitrogen and oxygen atoms in total. The lowest BCUT2D eigenvalue weighted by molar-refractivity contribution is 1.05. The molecular formula is C14H11N3S. The first-order chi connectivity index (χ1) is 8.74. The normalized spacial score (nSPS) is 10.7. The smallest absolute Gasteiger partial charge is 0.130 e. The molecule has 0 fully saturated rings. The molecule has 2 heterocycles. The highest BCUT2D eigenvalue weighted by molar-refractivity contribution is 7.71. The van der Waals surface area contributed by atoms with Crippen LogP contribution in [0, 0.1) is 11.6 Å². The van der Waals surface area contributed by atoms with E-state index in [1.807, 2.05) is 37.5 Å². The van der Waals surface area contributed by atoms with Gasteiger partial charge in [0.05, 0.1) is 5.69 Å². The number of rotatable bonds is 1. The summed E-state index contributed by atoms with van der Waals surface area (Å²) in [6.07, 6.45) is 3.71. The third-order valence-corrected chi connectivity index (χ3v) is 3.03. The van der Waals surface area contributed by atoms with Crippen molar-refractivity contribution in [1.29, 1.82) is 0 Å². The minimum absolute atomic E-state index is 0.592. The molecule has 0 aliphatic heterocycles. The van der Waals surface area contributed by atoms with E-state index in [-0.39, 0.29) is 0 Å². The van der Waals surface area contributed by atoms with Crippen molar-refractivity contribution in [1.82, 2.24) is 15.0 Å². The lowest BCUT2D eigenvalue weighted by Gasteiger charge is -2.06. The molecule has 0 aliphatic carbocycles. The van der Waals surface area contributed by atoms with Crippen LogP contribution in [-0.2, 0) is 0 Å². The Labute approximate surface area is 110 Å². The predicted molar refractivity (Wildman–Crippen MR) is 74.9 cm³/mol. The van der Waals surface area contributed by atoms with Gasteiger partial charge < -0.3 is 4.98 Å².